The van der Waals surface area contributed by atoms with Crippen LogP contribution in [0.2, 0.25) is 10.0 Å². The van der Waals surface area contributed by atoms with Gasteiger partial charge in [0.05, 0.1) is 29.3 Å². The molecule has 19 nitrogen and oxygen atoms in total. The second-order valence-corrected chi connectivity index (χ2v) is 14.3. The highest BCUT2D eigenvalue weighted by molar-refractivity contribution is 6.36. The molecule has 3 aromatic rings. The number of guanidine groups is 1. The van der Waals surface area contributed by atoms with Gasteiger partial charge in [0.2, 0.25) is 35.4 Å². The molecule has 0 aliphatic carbocycles. The number of carbonyl (C=O) groups excluding carboxylic acids is 6. The smallest absolute Gasteiger partial charge is 0.291 e. The lowest BCUT2D eigenvalue weighted by molar-refractivity contribution is -0.135. The summed E-state index contributed by atoms with van der Waals surface area (Å²) in [5, 5.41) is 14.8. The molecule has 1 heterocycles. The van der Waals surface area contributed by atoms with Crippen molar-refractivity contribution in [2.45, 2.75) is 77.0 Å². The molecule has 4 atom stereocenters. The van der Waals surface area contributed by atoms with Gasteiger partial charge in [0, 0.05) is 19.0 Å². The number of rotatable bonds is 21. The number of hydrogen-bond acceptors (Lipinski definition) is 10. The molecule has 0 spiro atoms. The van der Waals surface area contributed by atoms with Gasteiger partial charge in [-0.2, -0.15) is 0 Å². The van der Waals surface area contributed by atoms with E-state index >= 15 is 0 Å². The van der Waals surface area contributed by atoms with Crippen LogP contribution in [0.4, 0.5) is 4.39 Å². The molecule has 22 heteroatoms. The van der Waals surface area contributed by atoms with Crippen LogP contribution >= 0.6 is 23.2 Å². The first-order valence-electron chi connectivity index (χ1n) is 17.9. The molecule has 58 heavy (non-hydrogen) atoms. The molecule has 0 saturated heterocycles. The fraction of sp³-hybridized carbons (Fsp3) is 0.417. The Morgan fingerprint density at radius 1 is 0.862 bits per heavy atom. The Kier molecular flexibility index (Phi) is 17.2. The van der Waals surface area contributed by atoms with Crippen molar-refractivity contribution in [2.24, 2.45) is 33.8 Å². The number of amides is 6. The summed E-state index contributed by atoms with van der Waals surface area (Å²) in [7, 11) is 1.41. The number of nitrogens with two attached hydrogens (primary N) is 4. The molecule has 0 aliphatic rings. The fourth-order valence-electron chi connectivity index (χ4n) is 5.56. The molecule has 0 saturated carbocycles. The zero-order valence-electron chi connectivity index (χ0n) is 32.2. The van der Waals surface area contributed by atoms with Crippen molar-refractivity contribution in [1.82, 2.24) is 36.0 Å². The molecule has 314 valence electrons. The monoisotopic (exact) mass is 848 g/mol. The number of aryl methyl sites for hydroxylation is 1. The second kappa shape index (κ2) is 21.5. The van der Waals surface area contributed by atoms with Crippen LogP contribution in [0.25, 0.3) is 5.69 Å². The predicted molar refractivity (Wildman–Crippen MR) is 212 cm³/mol. The lowest BCUT2D eigenvalue weighted by Crippen LogP contribution is -2.59. The van der Waals surface area contributed by atoms with Crippen molar-refractivity contribution in [3.05, 3.63) is 69.5 Å². The standard InChI is InChI=1S/C36H47Cl2FN12O7/c1-17(2)12-25(33(55)49-26(15-29(40)52)34(56)47-24(30(41)53)13-19-7-9-20(39)10-8-19)48-32(54)23(6-5-11-44-36(42)43)46-35(57)31-45-18(3)51(50-31)27-16-28(58-4)22(38)14-21(27)37/h7-10,14,16-17,23-26H,5-6,11-13,15H2,1-4H3,(H2,40,52)(H2,41,53)(H,46,57)(H,47,56)(H,48,54)(H,49,55)(H4,42,43,44)/t23-,24-,25-,26-/m0/s1. The fourth-order valence-corrected chi connectivity index (χ4v) is 6.10. The van der Waals surface area contributed by atoms with E-state index < -0.39 is 71.8 Å². The molecular formula is C36H47Cl2FN12O7. The Labute approximate surface area is 343 Å². The maximum Gasteiger partial charge on any atom is 0.291 e. The van der Waals surface area contributed by atoms with Crippen molar-refractivity contribution in [3.8, 4) is 11.4 Å². The largest absolute Gasteiger partial charge is 0.495 e. The number of aromatic nitrogens is 3. The Morgan fingerprint density at radius 3 is 2.05 bits per heavy atom. The van der Waals surface area contributed by atoms with Gasteiger partial charge in [0.15, 0.2) is 5.96 Å². The normalized spacial score (nSPS) is 13.0. The van der Waals surface area contributed by atoms with Gasteiger partial charge >= 0.3 is 0 Å². The van der Waals surface area contributed by atoms with E-state index in [1.54, 1.807) is 20.8 Å². The van der Waals surface area contributed by atoms with Gasteiger partial charge in [-0.05, 0) is 55.9 Å². The van der Waals surface area contributed by atoms with E-state index in [1.807, 2.05) is 0 Å². The van der Waals surface area contributed by atoms with Crippen LogP contribution in [0.5, 0.6) is 5.75 Å². The molecule has 0 fully saturated rings. The molecule has 6 amide bonds. The molecule has 12 N–H and O–H groups in total. The van der Waals surface area contributed by atoms with E-state index in [-0.39, 0.29) is 71.5 Å². The number of methoxy groups -OCH3 is 1. The second-order valence-electron chi connectivity index (χ2n) is 13.5. The van der Waals surface area contributed by atoms with Crippen molar-refractivity contribution in [1.29, 1.82) is 0 Å². The number of benzene rings is 2. The van der Waals surface area contributed by atoms with Gasteiger partial charge in [-0.25, -0.2) is 14.1 Å². The van der Waals surface area contributed by atoms with E-state index in [0.29, 0.717) is 11.3 Å². The lowest BCUT2D eigenvalue weighted by atomic mass is 10.0. The van der Waals surface area contributed by atoms with Crippen LogP contribution < -0.4 is 48.9 Å². The Balaban J connectivity index is 1.85. The molecule has 0 aliphatic heterocycles. The summed E-state index contributed by atoms with van der Waals surface area (Å²) in [6, 6.07) is 2.57. The van der Waals surface area contributed by atoms with E-state index in [0.717, 1.165) is 12.1 Å². The van der Waals surface area contributed by atoms with Crippen LogP contribution in [-0.2, 0) is 30.4 Å². The maximum absolute atomic E-state index is 13.9. The first-order valence-corrected chi connectivity index (χ1v) is 18.6. The van der Waals surface area contributed by atoms with Gasteiger partial charge in [0.25, 0.3) is 5.91 Å². The van der Waals surface area contributed by atoms with E-state index in [4.69, 9.17) is 50.9 Å². The number of halogens is 3. The molecule has 1 aromatic heterocycles. The highest BCUT2D eigenvalue weighted by Crippen LogP contribution is 2.33. The third-order valence-electron chi connectivity index (χ3n) is 8.38. The predicted octanol–water partition coefficient (Wildman–Crippen LogP) is 0.286. The quantitative estimate of drug-likeness (QED) is 0.0409. The van der Waals surface area contributed by atoms with Gasteiger partial charge in [-0.15, -0.1) is 5.10 Å². The van der Waals surface area contributed by atoms with Crippen molar-refractivity contribution >= 4 is 64.6 Å². The number of primary amides is 2. The summed E-state index contributed by atoms with van der Waals surface area (Å²) in [4.78, 5) is 87.0. The SMILES string of the molecule is COc1cc(-n2nc(C(=O)N[C@@H](CCCN=C(N)N)C(=O)N[C@@H](CC(C)C)C(=O)N[C@@H](CC(N)=O)C(=O)N[C@@H](Cc3ccc(F)cc3)C(N)=O)nc2C)c(Cl)cc1Cl. The minimum atomic E-state index is -1.60. The Bertz CT molecular complexity index is 2010. The summed E-state index contributed by atoms with van der Waals surface area (Å²) >= 11 is 12.6. The molecule has 0 unspecified atom stereocenters. The van der Waals surface area contributed by atoms with Crippen LogP contribution in [-0.4, -0.2) is 94.0 Å². The van der Waals surface area contributed by atoms with Gasteiger partial charge < -0.3 is 48.9 Å². The zero-order valence-corrected chi connectivity index (χ0v) is 33.7. The van der Waals surface area contributed by atoms with Crippen LogP contribution in [0.3, 0.4) is 0 Å². The summed E-state index contributed by atoms with van der Waals surface area (Å²) in [5.74, 6) is -6.09. The molecular weight excluding hydrogens is 802 g/mol. The van der Waals surface area contributed by atoms with Crippen molar-refractivity contribution in [2.75, 3.05) is 13.7 Å². The lowest BCUT2D eigenvalue weighted by Gasteiger charge is -2.26. The van der Waals surface area contributed by atoms with E-state index in [9.17, 15) is 33.2 Å². The first kappa shape index (κ1) is 46.4. The topological polar surface area (TPSA) is 307 Å². The summed E-state index contributed by atoms with van der Waals surface area (Å²) in [5.41, 5.74) is 22.6. The van der Waals surface area contributed by atoms with E-state index in [1.165, 1.54) is 36.1 Å². The van der Waals surface area contributed by atoms with Gasteiger partial charge in [0.1, 0.15) is 41.6 Å². The van der Waals surface area contributed by atoms with Crippen molar-refractivity contribution < 1.29 is 37.9 Å². The average Bonchev–Trinajstić information content (AvgIpc) is 3.53. The Morgan fingerprint density at radius 2 is 1.47 bits per heavy atom. The summed E-state index contributed by atoms with van der Waals surface area (Å²) in [6.45, 7) is 5.21. The van der Waals surface area contributed by atoms with Gasteiger partial charge in [-0.1, -0.05) is 49.2 Å². The Hall–Kier alpha value is -6.02. The first-order chi connectivity index (χ1) is 27.3. The minimum Gasteiger partial charge on any atom is -0.495 e. The number of carbonyl (C=O) groups is 6. The highest BCUT2D eigenvalue weighted by Gasteiger charge is 2.33. The number of nitrogens with one attached hydrogen (secondary N) is 4. The number of aliphatic imine (C=N–C) groups is 1. The molecule has 2 aromatic carbocycles. The summed E-state index contributed by atoms with van der Waals surface area (Å²) < 4.78 is 20.0. The van der Waals surface area contributed by atoms with E-state index in [2.05, 4.69) is 36.3 Å². The molecule has 0 bridgehead atoms. The third kappa shape index (κ3) is 13.9. The zero-order chi connectivity index (χ0) is 43.3. The van der Waals surface area contributed by atoms with Crippen LogP contribution in [0, 0.1) is 18.7 Å². The number of ether oxygens (including phenoxy) is 1. The average molecular weight is 850 g/mol. The molecule has 0 radical (unpaired) electrons. The van der Waals surface area contributed by atoms with Gasteiger partial charge in [-0.3, -0.25) is 33.8 Å². The van der Waals surface area contributed by atoms with Crippen molar-refractivity contribution in [3.63, 3.8) is 0 Å². The van der Waals surface area contributed by atoms with Crippen LogP contribution in [0.1, 0.15) is 61.5 Å². The molecule has 3 rings (SSSR count). The summed E-state index contributed by atoms with van der Waals surface area (Å²) in [6.07, 6.45) is -0.571. The number of hydrogen-bond donors (Lipinski definition) is 8. The van der Waals surface area contributed by atoms with Crippen LogP contribution in [0.15, 0.2) is 41.4 Å². The highest BCUT2D eigenvalue weighted by atomic mass is 35.5. The number of nitrogens with zero attached hydrogens (tertiary/aromatic N) is 4. The minimum absolute atomic E-state index is 0.0143. The maximum atomic E-state index is 13.9. The third-order valence-corrected chi connectivity index (χ3v) is 8.98.